The quantitative estimate of drug-likeness (QED) is 0.251. The lowest BCUT2D eigenvalue weighted by Gasteiger charge is -2.20. The van der Waals surface area contributed by atoms with Gasteiger partial charge in [-0.2, -0.15) is 39.5 Å². The highest BCUT2D eigenvalue weighted by Crippen LogP contribution is 2.43. The third-order valence-electron chi connectivity index (χ3n) is 5.85. The monoisotopic (exact) mass is 658 g/mol. The van der Waals surface area contributed by atoms with Gasteiger partial charge in [-0.1, -0.05) is 40.9 Å². The number of nitrogens with one attached hydrogen (secondary N) is 1. The second-order valence-electron chi connectivity index (χ2n) is 8.78. The SMILES string of the molecule is O=C(N[C@@H]1CCN(CC(F)(F)F)C1=O)c1ccc(/C(F)=C/C(c2cc(Cl)c(Cl)c(Cl)c2)C(F)(F)F)cc1C(F)(F)F. The lowest BCUT2D eigenvalue weighted by molar-refractivity contribution is -0.157. The number of allylic oxidation sites excluding steroid dienone is 1. The minimum atomic E-state index is -5.33. The molecule has 0 aromatic heterocycles. The fraction of sp³-hybridized carbons (Fsp3) is 0.333. The second-order valence-corrected chi connectivity index (χ2v) is 9.97. The Balaban J connectivity index is 1.95. The number of rotatable bonds is 6. The Morgan fingerprint density at radius 3 is 2.10 bits per heavy atom. The molecule has 1 unspecified atom stereocenters. The Labute approximate surface area is 239 Å². The molecule has 3 rings (SSSR count). The molecular formula is C24H15Cl3F10N2O2. The molecule has 224 valence electrons. The third kappa shape index (κ3) is 7.98. The summed E-state index contributed by atoms with van der Waals surface area (Å²) in [6, 6.07) is 1.10. The van der Waals surface area contributed by atoms with Gasteiger partial charge in [0.2, 0.25) is 5.91 Å². The van der Waals surface area contributed by atoms with E-state index in [1.807, 2.05) is 5.32 Å². The molecule has 1 aliphatic rings. The van der Waals surface area contributed by atoms with Crippen molar-refractivity contribution in [2.24, 2.45) is 0 Å². The number of benzene rings is 2. The van der Waals surface area contributed by atoms with Gasteiger partial charge in [0.15, 0.2) is 0 Å². The molecule has 0 bridgehead atoms. The van der Waals surface area contributed by atoms with Crippen molar-refractivity contribution in [3.05, 3.63) is 73.7 Å². The van der Waals surface area contributed by atoms with Crippen LogP contribution in [0.2, 0.25) is 15.1 Å². The van der Waals surface area contributed by atoms with E-state index in [0.717, 1.165) is 12.1 Å². The zero-order chi connectivity index (χ0) is 31.1. The van der Waals surface area contributed by atoms with Crippen LogP contribution in [0.15, 0.2) is 36.4 Å². The summed E-state index contributed by atoms with van der Waals surface area (Å²) in [4.78, 5) is 25.1. The van der Waals surface area contributed by atoms with Crippen molar-refractivity contribution in [3.8, 4) is 0 Å². The summed E-state index contributed by atoms with van der Waals surface area (Å²) >= 11 is 17.2. The van der Waals surface area contributed by atoms with Crippen molar-refractivity contribution in [2.75, 3.05) is 13.1 Å². The Kier molecular flexibility index (Phi) is 9.51. The molecule has 2 aromatic carbocycles. The van der Waals surface area contributed by atoms with Crippen LogP contribution in [0.5, 0.6) is 0 Å². The first-order valence-electron chi connectivity index (χ1n) is 11.2. The molecule has 0 saturated carbocycles. The van der Waals surface area contributed by atoms with Crippen LogP contribution in [0.25, 0.3) is 5.83 Å². The molecule has 1 heterocycles. The van der Waals surface area contributed by atoms with Crippen LogP contribution in [0, 0.1) is 0 Å². The highest BCUT2D eigenvalue weighted by atomic mass is 35.5. The van der Waals surface area contributed by atoms with E-state index in [-0.39, 0.29) is 23.6 Å². The highest BCUT2D eigenvalue weighted by molar-refractivity contribution is 6.48. The molecule has 1 saturated heterocycles. The van der Waals surface area contributed by atoms with Crippen molar-refractivity contribution in [1.82, 2.24) is 10.2 Å². The molecule has 2 amide bonds. The van der Waals surface area contributed by atoms with Gasteiger partial charge in [-0.3, -0.25) is 9.59 Å². The number of hydrogen-bond donors (Lipinski definition) is 1. The molecule has 4 nitrogen and oxygen atoms in total. The predicted octanol–water partition coefficient (Wildman–Crippen LogP) is 8.22. The molecule has 2 aromatic rings. The summed E-state index contributed by atoms with van der Waals surface area (Å²) in [5, 5.41) is 0.853. The van der Waals surface area contributed by atoms with Crippen LogP contribution < -0.4 is 5.32 Å². The van der Waals surface area contributed by atoms with Crippen molar-refractivity contribution < 1.29 is 53.5 Å². The van der Waals surface area contributed by atoms with Gasteiger partial charge < -0.3 is 10.2 Å². The Morgan fingerprint density at radius 1 is 1.00 bits per heavy atom. The zero-order valence-corrected chi connectivity index (χ0v) is 22.2. The maximum absolute atomic E-state index is 15.0. The van der Waals surface area contributed by atoms with Gasteiger partial charge in [0, 0.05) is 12.1 Å². The summed E-state index contributed by atoms with van der Waals surface area (Å²) in [5.74, 6) is -7.16. The number of nitrogens with zero attached hydrogens (tertiary/aromatic N) is 1. The van der Waals surface area contributed by atoms with E-state index >= 15 is 0 Å². The number of likely N-dealkylation sites (tertiary alicyclic amines) is 1. The average Bonchev–Trinajstić information content (AvgIpc) is 3.16. The van der Waals surface area contributed by atoms with Crippen molar-refractivity contribution in [1.29, 1.82) is 0 Å². The van der Waals surface area contributed by atoms with Crippen LogP contribution in [0.4, 0.5) is 43.9 Å². The standard InChI is InChI=1S/C24H15Cl3F10N2O2/c25-15-6-11(7-16(26)19(15)27)13(23(32,33)34)8-17(28)10-1-2-12(14(5-10)24(35,36)37)20(40)38-18-3-4-39(21(18)41)9-22(29,30)31/h1-2,5-8,13,18H,3-4,9H2,(H,38,40)/b17-8-/t13?,18-/m1/s1. The number of hydrogen-bond acceptors (Lipinski definition) is 2. The van der Waals surface area contributed by atoms with E-state index < -0.39 is 93.5 Å². The van der Waals surface area contributed by atoms with Crippen LogP contribution in [0.3, 0.4) is 0 Å². The van der Waals surface area contributed by atoms with Gasteiger partial charge >= 0.3 is 18.5 Å². The van der Waals surface area contributed by atoms with E-state index in [1.54, 1.807) is 0 Å². The molecule has 1 N–H and O–H groups in total. The van der Waals surface area contributed by atoms with E-state index in [2.05, 4.69) is 0 Å². The molecule has 0 aliphatic carbocycles. The fourth-order valence-corrected chi connectivity index (χ4v) is 4.60. The smallest absolute Gasteiger partial charge is 0.340 e. The summed E-state index contributed by atoms with van der Waals surface area (Å²) < 4.78 is 135. The summed E-state index contributed by atoms with van der Waals surface area (Å²) in [7, 11) is 0. The summed E-state index contributed by atoms with van der Waals surface area (Å²) in [6.07, 6.45) is -15.6. The Hall–Kier alpha value is -2.71. The fourth-order valence-electron chi connectivity index (χ4n) is 3.98. The van der Waals surface area contributed by atoms with Crippen molar-refractivity contribution >= 4 is 52.4 Å². The first-order valence-corrected chi connectivity index (χ1v) is 12.3. The van der Waals surface area contributed by atoms with Gasteiger partial charge in [0.25, 0.3) is 5.91 Å². The van der Waals surface area contributed by atoms with Crippen molar-refractivity contribution in [2.45, 2.75) is 36.9 Å². The molecule has 1 fully saturated rings. The summed E-state index contributed by atoms with van der Waals surface area (Å²) in [6.45, 7) is -2.05. The first-order chi connectivity index (χ1) is 18.7. The van der Waals surface area contributed by atoms with Crippen LogP contribution in [-0.2, 0) is 11.0 Å². The number of amides is 2. The van der Waals surface area contributed by atoms with Gasteiger partial charge in [0.1, 0.15) is 24.3 Å². The molecule has 41 heavy (non-hydrogen) atoms. The van der Waals surface area contributed by atoms with Crippen LogP contribution in [-0.4, -0.2) is 48.2 Å². The topological polar surface area (TPSA) is 49.4 Å². The third-order valence-corrected chi connectivity index (χ3v) is 7.05. The van der Waals surface area contributed by atoms with Gasteiger partial charge in [-0.05, 0) is 42.3 Å². The minimum Gasteiger partial charge on any atom is -0.340 e. The van der Waals surface area contributed by atoms with Gasteiger partial charge in [-0.15, -0.1) is 0 Å². The molecule has 0 radical (unpaired) electrons. The van der Waals surface area contributed by atoms with E-state index in [1.165, 1.54) is 0 Å². The molecule has 1 aliphatic heterocycles. The molecule has 2 atom stereocenters. The largest absolute Gasteiger partial charge is 0.417 e. The first kappa shape index (κ1) is 32.8. The van der Waals surface area contributed by atoms with Crippen molar-refractivity contribution in [3.63, 3.8) is 0 Å². The maximum atomic E-state index is 15.0. The normalized spacial score (nSPS) is 17.7. The number of carbonyl (C=O) groups is 2. The second kappa shape index (κ2) is 11.9. The number of alkyl halides is 9. The van der Waals surface area contributed by atoms with Crippen LogP contribution >= 0.6 is 34.8 Å². The number of carbonyl (C=O) groups excluding carboxylic acids is 2. The minimum absolute atomic E-state index is 0.0163. The Morgan fingerprint density at radius 2 is 1.59 bits per heavy atom. The zero-order valence-electron chi connectivity index (χ0n) is 19.9. The number of halogens is 13. The van der Waals surface area contributed by atoms with E-state index in [0.29, 0.717) is 17.0 Å². The predicted molar refractivity (Wildman–Crippen MR) is 129 cm³/mol. The summed E-state index contributed by atoms with van der Waals surface area (Å²) in [5.41, 5.74) is -4.56. The van der Waals surface area contributed by atoms with E-state index in [9.17, 15) is 53.5 Å². The Bertz CT molecular complexity index is 1350. The average molecular weight is 660 g/mol. The highest BCUT2D eigenvalue weighted by Gasteiger charge is 2.42. The van der Waals surface area contributed by atoms with E-state index in [4.69, 9.17) is 34.8 Å². The molecular weight excluding hydrogens is 645 g/mol. The van der Waals surface area contributed by atoms with Crippen LogP contribution in [0.1, 0.15) is 39.4 Å². The van der Waals surface area contributed by atoms with Gasteiger partial charge in [-0.25, -0.2) is 4.39 Å². The lowest BCUT2D eigenvalue weighted by Crippen LogP contribution is -2.44. The van der Waals surface area contributed by atoms with Gasteiger partial charge in [0.05, 0.1) is 26.2 Å². The molecule has 0 spiro atoms. The lowest BCUT2D eigenvalue weighted by atomic mass is 9.95. The molecule has 17 heteroatoms. The maximum Gasteiger partial charge on any atom is 0.417 e.